The second-order valence-electron chi connectivity index (χ2n) is 32.3. The van der Waals surface area contributed by atoms with Gasteiger partial charge in [-0.15, -0.1) is 0 Å². The molecular formula is C82H113N17O24S6. The number of aliphatic hydroxyl groups excluding tert-OH is 1. The van der Waals surface area contributed by atoms with Crippen molar-refractivity contribution >= 4 is 181 Å². The van der Waals surface area contributed by atoms with E-state index >= 15 is 9.59 Å². The summed E-state index contributed by atoms with van der Waals surface area (Å²) in [5.74, 6) is -25.3. The van der Waals surface area contributed by atoms with Gasteiger partial charge in [0.25, 0.3) is 0 Å². The number of benzene rings is 3. The second-order valence-corrected chi connectivity index (χ2v) is 42.1. The maximum Gasteiger partial charge on any atom is 0.305 e. The number of amides is 14. The Morgan fingerprint density at radius 2 is 1.05 bits per heavy atom. The predicted octanol–water partition coefficient (Wildman–Crippen LogP) is -2.90. The van der Waals surface area contributed by atoms with Crippen molar-refractivity contribution in [2.45, 2.75) is 187 Å². The zero-order valence-electron chi connectivity index (χ0n) is 72.4. The van der Waals surface area contributed by atoms with Crippen LogP contribution in [0.15, 0.2) is 93.8 Å². The van der Waals surface area contributed by atoms with Crippen LogP contribution in [0.1, 0.15) is 98.1 Å². The van der Waals surface area contributed by atoms with Crippen molar-refractivity contribution < 1.29 is 112 Å². The molecule has 13 atom stereocenters. The number of aromatic nitrogens is 2. The van der Waals surface area contributed by atoms with Crippen LogP contribution >= 0.6 is 35.3 Å². The molecule has 129 heavy (non-hydrogen) atoms. The lowest BCUT2D eigenvalue weighted by Gasteiger charge is -2.32. The van der Waals surface area contributed by atoms with E-state index in [4.69, 9.17) is 11.5 Å². The smallest absolute Gasteiger partial charge is 0.305 e. The molecule has 3 aliphatic rings. The fraction of sp³-hybridized carbons (Fsp3) is 0.537. The maximum atomic E-state index is 15.4. The van der Waals surface area contributed by atoms with Crippen molar-refractivity contribution in [1.82, 2.24) is 78.3 Å². The first-order valence-electron chi connectivity index (χ1n) is 41.8. The number of aliphatic hydroxyl groups is 1. The number of aromatic amines is 2. The topological polar surface area (TPSA) is 638 Å². The van der Waals surface area contributed by atoms with E-state index in [-0.39, 0.29) is 45.2 Å². The summed E-state index contributed by atoms with van der Waals surface area (Å²) in [7, 11) is -13.1. The highest BCUT2D eigenvalue weighted by molar-refractivity contribution is 8.01. The van der Waals surface area contributed by atoms with E-state index in [9.17, 15) is 103 Å². The van der Waals surface area contributed by atoms with Crippen LogP contribution in [0, 0.1) is 17.8 Å². The van der Waals surface area contributed by atoms with Gasteiger partial charge in [-0.05, 0) is 86.4 Å². The van der Waals surface area contributed by atoms with Gasteiger partial charge in [-0.25, -0.2) is 25.3 Å². The average molecular weight is 1910 g/mol. The number of carboxylic acids is 1. The van der Waals surface area contributed by atoms with Gasteiger partial charge in [0.2, 0.25) is 82.7 Å². The summed E-state index contributed by atoms with van der Waals surface area (Å²) in [6, 6.07) is -2.13. The third-order valence-electron chi connectivity index (χ3n) is 21.8. The molecule has 0 spiro atoms. The van der Waals surface area contributed by atoms with Crippen molar-refractivity contribution in [1.29, 1.82) is 0 Å². The normalized spacial score (nSPS) is 24.7. The molecule has 0 radical (unpaired) electrons. The largest absolute Gasteiger partial charge is 0.481 e. The average Bonchev–Trinajstić information content (AvgIpc) is 1.65. The fourth-order valence-electron chi connectivity index (χ4n) is 14.4. The number of ketones is 1. The molecule has 3 aliphatic heterocycles. The molecule has 2 aromatic heterocycles. The number of hydrogen-bond donors (Lipinski definition) is 17. The quantitative estimate of drug-likeness (QED) is 0.0394. The van der Waals surface area contributed by atoms with Gasteiger partial charge in [-0.3, -0.25) is 76.7 Å². The van der Waals surface area contributed by atoms with Crippen LogP contribution < -0.4 is 70.0 Å². The number of hydrogen-bond acceptors (Lipinski definition) is 27. The summed E-state index contributed by atoms with van der Waals surface area (Å²) in [5, 5.41) is 50.1. The van der Waals surface area contributed by atoms with Crippen molar-refractivity contribution in [2.75, 3.05) is 85.0 Å². The second kappa shape index (κ2) is 47.2. The first-order chi connectivity index (χ1) is 60.8. The number of carboxylic acid groups (broad SMARTS) is 1. The van der Waals surface area contributed by atoms with E-state index in [0.29, 0.717) is 44.7 Å². The SMILES string of the molecule is CC[C@@H]1NC(=O)[C@H]([C@@H](C)O)NC(=O)[C@@H](CC(=O)[C@H](C)NC(=O)CN(C)C(=O)CCN)CSCCS(=O)(=O)c2cc3cc(c2)S(=O)(=O)CCSC[C@H](NC1=O)C(=O)N[C@@H](Cc1c[nH]c2ccccc12)C(=O)N[C@@H](C(C)C)C(=O)N[C@@H](CC(=O)O)C(=O)NCC(=O)N[C@@H](Cc1c[nH]c2ccccc12)C(=O)N[C@@H](C(C)C)C(=O)N1CCC[C@H]1C(=O)N[C@H](C(N)=O)CSCCS3(=O)=O. The number of fused-ring (bicyclic) bond motifs is 10. The number of para-hydroxylation sites is 2. The molecule has 19 N–H and O–H groups in total. The maximum absolute atomic E-state index is 15.4. The minimum atomic E-state index is -4.85. The van der Waals surface area contributed by atoms with Crippen LogP contribution in [-0.2, 0) is 119 Å². The van der Waals surface area contributed by atoms with Gasteiger partial charge >= 0.3 is 5.97 Å². The molecule has 5 heterocycles. The highest BCUT2D eigenvalue weighted by atomic mass is 32.2. The number of carbonyl (C=O) groups excluding carboxylic acids is 15. The van der Waals surface area contributed by atoms with E-state index < -0.39 is 313 Å². The summed E-state index contributed by atoms with van der Waals surface area (Å²) >= 11 is 2.23. The number of aliphatic carboxylic acids is 1. The van der Waals surface area contributed by atoms with Gasteiger partial charge in [-0.1, -0.05) is 71.0 Å². The van der Waals surface area contributed by atoms with Gasteiger partial charge in [-0.2, -0.15) is 35.3 Å². The van der Waals surface area contributed by atoms with E-state index in [1.165, 1.54) is 45.8 Å². The number of nitrogens with one attached hydrogen (secondary N) is 13. The van der Waals surface area contributed by atoms with Gasteiger partial charge in [0.05, 0.1) is 69.5 Å². The summed E-state index contributed by atoms with van der Waals surface area (Å²) in [6.45, 7) is 8.40. The lowest BCUT2D eigenvalue weighted by Crippen LogP contribution is -2.61. The Kier molecular flexibility index (Phi) is 37.9. The van der Waals surface area contributed by atoms with Crippen molar-refractivity contribution in [3.05, 3.63) is 90.3 Å². The minimum Gasteiger partial charge on any atom is -0.481 e. The highest BCUT2D eigenvalue weighted by Crippen LogP contribution is 2.30. The number of likely N-dealkylation sites (N-methyl/N-ethyl adjacent to an activating group) is 1. The molecule has 4 bridgehead atoms. The lowest BCUT2D eigenvalue weighted by atomic mass is 9.98. The Bertz CT molecular complexity index is 5360. The molecule has 706 valence electrons. The third kappa shape index (κ3) is 29.1. The number of sulfone groups is 3. The van der Waals surface area contributed by atoms with Crippen molar-refractivity contribution in [3.8, 4) is 0 Å². The zero-order valence-corrected chi connectivity index (χ0v) is 77.3. The molecule has 41 nitrogen and oxygen atoms in total. The first-order valence-corrected chi connectivity index (χ1v) is 50.2. The molecule has 0 unspecified atom stereocenters. The van der Waals surface area contributed by atoms with Crippen LogP contribution in [-0.4, -0.2) is 307 Å². The fourth-order valence-corrected chi connectivity index (χ4v) is 23.2. The molecule has 47 heteroatoms. The number of primary amides is 1. The van der Waals surface area contributed by atoms with E-state index in [1.54, 1.807) is 68.6 Å². The van der Waals surface area contributed by atoms with Crippen LogP contribution in [0.4, 0.5) is 0 Å². The number of Topliss-reactive ketones (excluding diaryl/α,β-unsaturated/α-hetero) is 1. The molecular weight excluding hydrogens is 1800 g/mol. The molecule has 0 aliphatic carbocycles. The minimum absolute atomic E-state index is 0.0259. The summed E-state index contributed by atoms with van der Waals surface area (Å²) in [5.41, 5.74) is 13.4. The molecule has 3 aromatic carbocycles. The van der Waals surface area contributed by atoms with Crippen LogP contribution in [0.3, 0.4) is 0 Å². The number of thioether (sulfide) groups is 3. The van der Waals surface area contributed by atoms with Gasteiger partial charge in [0.15, 0.2) is 35.3 Å². The first kappa shape index (κ1) is 104. The number of nitrogens with zero attached hydrogens (tertiary/aromatic N) is 2. The Hall–Kier alpha value is -10.7. The Morgan fingerprint density at radius 1 is 0.566 bits per heavy atom. The monoisotopic (exact) mass is 1910 g/mol. The van der Waals surface area contributed by atoms with E-state index in [2.05, 4.69) is 68.5 Å². The number of H-pyrrole nitrogens is 2. The number of nitrogens with two attached hydrogens (primary N) is 2. The Morgan fingerprint density at radius 3 is 1.57 bits per heavy atom. The molecule has 14 amide bonds. The highest BCUT2D eigenvalue weighted by Gasteiger charge is 2.43. The van der Waals surface area contributed by atoms with Crippen LogP contribution in [0.2, 0.25) is 0 Å². The van der Waals surface area contributed by atoms with Gasteiger partial charge in [0, 0.05) is 115 Å². The van der Waals surface area contributed by atoms with Crippen LogP contribution in [0.25, 0.3) is 21.8 Å². The molecule has 0 saturated carbocycles. The van der Waals surface area contributed by atoms with E-state index in [1.807, 2.05) is 0 Å². The molecule has 1 saturated heterocycles. The Labute approximate surface area is 758 Å². The zero-order chi connectivity index (χ0) is 95.1. The molecule has 1 fully saturated rings. The van der Waals surface area contributed by atoms with Crippen molar-refractivity contribution in [2.24, 2.45) is 29.2 Å². The summed E-state index contributed by atoms with van der Waals surface area (Å²) < 4.78 is 88.6. The predicted molar refractivity (Wildman–Crippen MR) is 479 cm³/mol. The van der Waals surface area contributed by atoms with Gasteiger partial charge in [0.1, 0.15) is 60.4 Å². The van der Waals surface area contributed by atoms with Crippen LogP contribution in [0.5, 0.6) is 0 Å². The standard InChI is InChI=1S/C82H113N17O24S6/c1-9-55-75(110)94-62-42-126-25-28-129(122,123)52-33-50(127(118,119)26-23-124-40-49(73(108)97-71(46(7)100)81(116)90-55)31-64(101)45(6)88-66(103)39-98(8)67(104)20-21-83)32-51(34-52)128(120,121)27-24-125-41-61(72(84)107)93-79(114)63-19-14-22-99(63)82(117)70(44(4)5)96-76(111)58(29-47-36-85-56-17-12-10-15-53(47)56)89-65(102)38-87-74(109)60(35-68(105)106)92-80(115)69(43(2)3)95-77(112)59(91-78(62)113)30-48-37-86-57-18-13-11-16-54(48)57/h10-13,15-18,32-34,36-37,43-46,49,55,58-63,69-71,85-86,100H,9,14,19-31,35,38-42,83H2,1-8H3,(H2,84,107)(H,87,109)(H,88,103)(H,89,102)(H,90,116)(H,91,113)(H,92,115)(H,93,114)(H,94,110)(H,95,112)(H,96,111)(H,97,108)(H,105,106)/t45-,46+,49-,55-,58-,59-,60-,61-,62-,63-,69-,70-,71-/m0/s1. The third-order valence-corrected chi connectivity index (χ3v) is 30.9. The summed E-state index contributed by atoms with van der Waals surface area (Å²) in [4.78, 5) is 233. The molecule has 8 rings (SSSR count). The van der Waals surface area contributed by atoms with E-state index in [0.717, 1.165) is 53.5 Å². The van der Waals surface area contributed by atoms with Crippen molar-refractivity contribution in [3.63, 3.8) is 0 Å². The lowest BCUT2D eigenvalue weighted by molar-refractivity contribution is -0.143. The molecule has 5 aromatic rings. The van der Waals surface area contributed by atoms with Gasteiger partial charge < -0.3 is 99.9 Å². The number of carbonyl (C=O) groups is 16. The summed E-state index contributed by atoms with van der Waals surface area (Å²) in [6.07, 6.45) is -1.29. The Balaban J connectivity index is 1.21. The number of rotatable bonds is 19.